The summed E-state index contributed by atoms with van der Waals surface area (Å²) in [5, 5.41) is 9.53. The van der Waals surface area contributed by atoms with Gasteiger partial charge in [0.25, 0.3) is 0 Å². The van der Waals surface area contributed by atoms with Gasteiger partial charge in [-0.1, -0.05) is 17.7 Å². The van der Waals surface area contributed by atoms with Gasteiger partial charge >= 0.3 is 6.18 Å². The van der Waals surface area contributed by atoms with Crippen molar-refractivity contribution in [3.8, 4) is 0 Å². The largest absolute Gasteiger partial charge is 0.434 e. The first-order valence-corrected chi connectivity index (χ1v) is 9.10. The summed E-state index contributed by atoms with van der Waals surface area (Å²) in [5.41, 5.74) is 0.636. The molecule has 4 rings (SSSR count). The van der Waals surface area contributed by atoms with Crippen LogP contribution >= 0.6 is 11.6 Å². The van der Waals surface area contributed by atoms with Crippen LogP contribution in [0.2, 0.25) is 5.02 Å². The van der Waals surface area contributed by atoms with Gasteiger partial charge in [-0.2, -0.15) is 13.2 Å². The fraction of sp³-hybridized carbons (Fsp3) is 0.474. The third-order valence-electron chi connectivity index (χ3n) is 5.65. The van der Waals surface area contributed by atoms with Gasteiger partial charge in [0.1, 0.15) is 0 Å². The molecule has 2 fully saturated rings. The van der Waals surface area contributed by atoms with Crippen LogP contribution < -0.4 is 4.90 Å². The van der Waals surface area contributed by atoms with E-state index in [9.17, 15) is 18.3 Å². The van der Waals surface area contributed by atoms with Gasteiger partial charge in [0.2, 0.25) is 0 Å². The first kappa shape index (κ1) is 18.5. The second kappa shape index (κ2) is 6.34. The number of rotatable bonds is 4. The predicted octanol–water partition coefficient (Wildman–Crippen LogP) is 3.97. The van der Waals surface area contributed by atoms with Gasteiger partial charge in [-0.05, 0) is 42.4 Å². The molecule has 1 saturated heterocycles. The summed E-state index contributed by atoms with van der Waals surface area (Å²) in [6.45, 7) is 1.60. The second-order valence-electron chi connectivity index (χ2n) is 7.93. The normalized spacial score (nSPS) is 20.3. The molecule has 1 aliphatic carbocycles. The van der Waals surface area contributed by atoms with Crippen molar-refractivity contribution in [2.75, 3.05) is 24.6 Å². The van der Waals surface area contributed by atoms with Gasteiger partial charge in [0, 0.05) is 37.5 Å². The molecular formula is C19H19ClF3N3O. The number of aromatic nitrogens is 2. The van der Waals surface area contributed by atoms with Crippen LogP contribution in [-0.2, 0) is 12.6 Å². The summed E-state index contributed by atoms with van der Waals surface area (Å²) >= 11 is 5.77. The predicted molar refractivity (Wildman–Crippen MR) is 95.6 cm³/mol. The molecule has 1 N–H and O–H groups in total. The summed E-state index contributed by atoms with van der Waals surface area (Å²) in [7, 11) is 0. The van der Waals surface area contributed by atoms with Gasteiger partial charge < -0.3 is 10.0 Å². The van der Waals surface area contributed by atoms with Crippen molar-refractivity contribution in [1.82, 2.24) is 9.97 Å². The van der Waals surface area contributed by atoms with E-state index in [-0.39, 0.29) is 22.5 Å². The van der Waals surface area contributed by atoms with Crippen molar-refractivity contribution in [3.63, 3.8) is 0 Å². The summed E-state index contributed by atoms with van der Waals surface area (Å²) in [4.78, 5) is 9.62. The fourth-order valence-electron chi connectivity index (χ4n) is 4.75. The van der Waals surface area contributed by atoms with Crippen LogP contribution in [0.1, 0.15) is 24.1 Å². The van der Waals surface area contributed by atoms with E-state index in [0.29, 0.717) is 5.69 Å². The number of aliphatic hydroxyl groups excluding tert-OH is 1. The van der Waals surface area contributed by atoms with E-state index in [1.807, 2.05) is 23.2 Å². The molecule has 2 aromatic rings. The van der Waals surface area contributed by atoms with E-state index in [1.54, 1.807) is 6.20 Å². The molecule has 144 valence electrons. The van der Waals surface area contributed by atoms with Crippen LogP contribution in [0.15, 0.2) is 36.8 Å². The molecule has 2 aromatic heterocycles. The Morgan fingerprint density at radius 1 is 1.22 bits per heavy atom. The number of hydrogen-bond acceptors (Lipinski definition) is 4. The molecule has 8 heteroatoms. The zero-order valence-corrected chi connectivity index (χ0v) is 15.3. The summed E-state index contributed by atoms with van der Waals surface area (Å²) < 4.78 is 38.3. The number of alkyl halides is 3. The molecule has 0 amide bonds. The SMILES string of the molecule is OCC1(Cc2cccnc2)CC2(CN(c3cnc(C(F)(F)F)c(Cl)c3)C2)C1. The molecule has 3 heterocycles. The van der Waals surface area contributed by atoms with Gasteiger partial charge in [0.05, 0.1) is 16.9 Å². The number of nitrogens with zero attached hydrogens (tertiary/aromatic N) is 3. The minimum absolute atomic E-state index is 0.111. The lowest BCUT2D eigenvalue weighted by Gasteiger charge is -2.64. The third kappa shape index (κ3) is 3.38. The Bertz CT molecular complexity index is 830. The minimum Gasteiger partial charge on any atom is -0.396 e. The highest BCUT2D eigenvalue weighted by Gasteiger charge is 2.59. The van der Waals surface area contributed by atoms with Crippen molar-refractivity contribution in [1.29, 1.82) is 0 Å². The standard InChI is InChI=1S/C19H19ClF3N3O/c20-15-4-14(7-25-16(15)19(21,22)23)26-10-18(11-26)8-17(9-18,12-27)5-13-2-1-3-24-6-13/h1-4,6-7,27H,5,8-12H2. The lowest BCUT2D eigenvalue weighted by molar-refractivity contribution is -0.141. The Kier molecular flexibility index (Phi) is 4.35. The molecule has 1 aliphatic heterocycles. The van der Waals surface area contributed by atoms with Gasteiger partial charge in [-0.3, -0.25) is 4.98 Å². The quantitative estimate of drug-likeness (QED) is 0.848. The molecular weight excluding hydrogens is 379 g/mol. The monoisotopic (exact) mass is 397 g/mol. The van der Waals surface area contributed by atoms with Crippen molar-refractivity contribution in [3.05, 3.63) is 53.1 Å². The van der Waals surface area contributed by atoms with Gasteiger partial charge in [-0.25, -0.2) is 4.98 Å². The number of pyridine rings is 2. The van der Waals surface area contributed by atoms with Crippen molar-refractivity contribution in [2.45, 2.75) is 25.4 Å². The highest BCUT2D eigenvalue weighted by atomic mass is 35.5. The Morgan fingerprint density at radius 3 is 2.52 bits per heavy atom. The fourth-order valence-corrected chi connectivity index (χ4v) is 5.01. The Labute approximate surface area is 160 Å². The number of halogens is 4. The van der Waals surface area contributed by atoms with Crippen LogP contribution in [0, 0.1) is 10.8 Å². The number of hydrogen-bond donors (Lipinski definition) is 1. The zero-order valence-electron chi connectivity index (χ0n) is 14.5. The van der Waals surface area contributed by atoms with E-state index in [0.717, 1.165) is 37.9 Å². The molecule has 2 aliphatic rings. The van der Waals surface area contributed by atoms with E-state index >= 15 is 0 Å². The smallest absolute Gasteiger partial charge is 0.396 e. The number of anilines is 1. The third-order valence-corrected chi connectivity index (χ3v) is 5.94. The highest BCUT2D eigenvalue weighted by Crippen LogP contribution is 2.60. The van der Waals surface area contributed by atoms with Gasteiger partial charge in [-0.15, -0.1) is 0 Å². The van der Waals surface area contributed by atoms with Crippen LogP contribution in [-0.4, -0.2) is 34.8 Å². The molecule has 1 spiro atoms. The molecule has 0 unspecified atom stereocenters. The maximum atomic E-state index is 12.8. The second-order valence-corrected chi connectivity index (χ2v) is 8.33. The summed E-state index contributed by atoms with van der Waals surface area (Å²) in [6, 6.07) is 5.23. The average Bonchev–Trinajstić information content (AvgIpc) is 2.55. The Balaban J connectivity index is 1.39. The topological polar surface area (TPSA) is 49.3 Å². The first-order valence-electron chi connectivity index (χ1n) is 8.72. The van der Waals surface area contributed by atoms with E-state index < -0.39 is 11.9 Å². The minimum atomic E-state index is -4.55. The molecule has 0 aromatic carbocycles. The van der Waals surface area contributed by atoms with Crippen molar-refractivity contribution >= 4 is 17.3 Å². The molecule has 1 saturated carbocycles. The average molecular weight is 398 g/mol. The van der Waals surface area contributed by atoms with E-state index in [1.165, 1.54) is 12.3 Å². The number of aliphatic hydroxyl groups is 1. The Hall–Kier alpha value is -1.86. The molecule has 27 heavy (non-hydrogen) atoms. The molecule has 0 bridgehead atoms. The molecule has 0 radical (unpaired) electrons. The summed E-state index contributed by atoms with van der Waals surface area (Å²) in [5.74, 6) is 0. The van der Waals surface area contributed by atoms with Crippen LogP contribution in [0.5, 0.6) is 0 Å². The van der Waals surface area contributed by atoms with E-state index in [2.05, 4.69) is 9.97 Å². The zero-order chi connectivity index (χ0) is 19.3. The van der Waals surface area contributed by atoms with Crippen LogP contribution in [0.3, 0.4) is 0 Å². The highest BCUT2D eigenvalue weighted by molar-refractivity contribution is 6.31. The molecule has 0 atom stereocenters. The Morgan fingerprint density at radius 2 is 1.96 bits per heavy atom. The van der Waals surface area contributed by atoms with Crippen molar-refractivity contribution < 1.29 is 18.3 Å². The maximum Gasteiger partial charge on any atom is 0.434 e. The van der Waals surface area contributed by atoms with Gasteiger partial charge in [0.15, 0.2) is 5.69 Å². The first-order chi connectivity index (χ1) is 12.7. The van der Waals surface area contributed by atoms with Crippen molar-refractivity contribution in [2.24, 2.45) is 10.8 Å². The van der Waals surface area contributed by atoms with Crippen LogP contribution in [0.4, 0.5) is 18.9 Å². The lowest BCUT2D eigenvalue weighted by Crippen LogP contribution is -2.67. The summed E-state index contributed by atoms with van der Waals surface area (Å²) in [6.07, 6.45) is 2.80. The lowest BCUT2D eigenvalue weighted by atomic mass is 9.48. The maximum absolute atomic E-state index is 12.8. The van der Waals surface area contributed by atoms with Crippen LogP contribution in [0.25, 0.3) is 0 Å². The van der Waals surface area contributed by atoms with E-state index in [4.69, 9.17) is 11.6 Å². The molecule has 4 nitrogen and oxygen atoms in total.